The number of nitrogen functional groups attached to an aromatic ring is 1. The molecule has 0 bridgehead atoms. The highest BCUT2D eigenvalue weighted by Gasteiger charge is 2.37. The number of furan rings is 1. The summed E-state index contributed by atoms with van der Waals surface area (Å²) in [7, 11) is 0. The molecule has 12 aromatic rings. The smallest absolute Gasteiger partial charge is 0.137 e. The summed E-state index contributed by atoms with van der Waals surface area (Å²) in [6, 6.07) is 71.7. The lowest BCUT2D eigenvalue weighted by atomic mass is 9.82. The number of fused-ring (bicyclic) bond motifs is 12. The Balaban J connectivity index is 0.000000276. The number of para-hydroxylation sites is 2. The molecule has 0 aliphatic heterocycles. The monoisotopic (exact) mass is 918 g/mol. The van der Waals surface area contributed by atoms with Crippen LogP contribution >= 0.6 is 0 Å². The molecule has 0 saturated carbocycles. The second-order valence-corrected chi connectivity index (χ2v) is 19.6. The number of benzene rings is 9. The average Bonchev–Trinajstić information content (AvgIpc) is 4.10. The molecule has 14 rings (SSSR count). The topological polar surface area (TPSA) is 72.9 Å². The average molecular weight is 919 g/mol. The lowest BCUT2D eigenvalue weighted by molar-refractivity contribution is 0.595. The Morgan fingerprint density at radius 2 is 1.11 bits per heavy atom. The van der Waals surface area contributed by atoms with Gasteiger partial charge in [-0.3, -0.25) is 5.41 Å². The molecule has 2 aliphatic rings. The first-order valence-corrected chi connectivity index (χ1v) is 24.6. The van der Waals surface area contributed by atoms with Crippen LogP contribution in [0.1, 0.15) is 59.4 Å². The maximum absolute atomic E-state index is 7.01. The van der Waals surface area contributed by atoms with Gasteiger partial charge in [0.2, 0.25) is 0 Å². The third-order valence-electron chi connectivity index (χ3n) is 14.6. The lowest BCUT2D eigenvalue weighted by Crippen LogP contribution is -2.15. The summed E-state index contributed by atoms with van der Waals surface area (Å²) < 4.78 is 11.3. The maximum atomic E-state index is 7.01. The summed E-state index contributed by atoms with van der Waals surface area (Å²) in [6.07, 6.45) is 6.43. The minimum atomic E-state index is -0.136. The molecule has 2 aliphatic carbocycles. The Kier molecular flexibility index (Phi) is 10.7. The van der Waals surface area contributed by atoms with Crippen molar-refractivity contribution >= 4 is 66.5 Å². The highest BCUT2D eigenvalue weighted by molar-refractivity contribution is 6.15. The molecule has 3 aromatic heterocycles. The summed E-state index contributed by atoms with van der Waals surface area (Å²) in [5, 5.41) is 13.3. The molecule has 71 heavy (non-hydrogen) atoms. The van der Waals surface area contributed by atoms with Gasteiger partial charge in [-0.15, -0.1) is 0 Å². The third-order valence-corrected chi connectivity index (χ3v) is 14.6. The van der Waals surface area contributed by atoms with Crippen LogP contribution in [0.4, 0.5) is 0 Å². The standard InChI is InChI=1S/C52H38N2O.C7H8N2.C7H8/c1-31-12-11-15-35(24-31)54-47-26-33(20-22-37(47)42-28-43-38-17-8-10-19-50(38)55-51(43)30-49(42)54)32-21-23-44-39(25-32)40-27-41-36-16-7-9-18-46(36)53(34-13-5-4-6-14-34)48(41)29-45(40)52(44,2)3;8-7(9)6-4-2-1-3-5-6;1-7-5-3-2-4-6-7/h4-7,9-16,18-30H,8,17H2,1-3H3;1-5H,(H3,8,9);2-6H,1H3. The van der Waals surface area contributed by atoms with Crippen molar-refractivity contribution in [2.45, 2.75) is 46.0 Å². The Morgan fingerprint density at radius 3 is 1.85 bits per heavy atom. The first-order valence-electron chi connectivity index (χ1n) is 24.6. The fourth-order valence-corrected chi connectivity index (χ4v) is 11.1. The number of hydrogen-bond acceptors (Lipinski definition) is 2. The number of aryl methyl sites for hydroxylation is 3. The Labute approximate surface area is 414 Å². The second kappa shape index (κ2) is 17.4. The molecule has 9 aromatic carbocycles. The van der Waals surface area contributed by atoms with E-state index in [0.717, 1.165) is 35.4 Å². The quantitative estimate of drug-likeness (QED) is 0.136. The van der Waals surface area contributed by atoms with Crippen LogP contribution in [0, 0.1) is 19.3 Å². The van der Waals surface area contributed by atoms with Gasteiger partial charge in [0.15, 0.2) is 0 Å². The van der Waals surface area contributed by atoms with E-state index in [-0.39, 0.29) is 11.3 Å². The zero-order valence-corrected chi connectivity index (χ0v) is 40.5. The van der Waals surface area contributed by atoms with Crippen LogP contribution in [0.3, 0.4) is 0 Å². The molecule has 344 valence electrons. The maximum Gasteiger partial charge on any atom is 0.137 e. The van der Waals surface area contributed by atoms with Gasteiger partial charge in [0.05, 0.1) is 22.1 Å². The van der Waals surface area contributed by atoms with Crippen LogP contribution in [0.15, 0.2) is 211 Å². The molecular weight excluding hydrogens is 865 g/mol. The van der Waals surface area contributed by atoms with Gasteiger partial charge in [-0.2, -0.15) is 0 Å². The second-order valence-electron chi connectivity index (χ2n) is 19.6. The van der Waals surface area contributed by atoms with Crippen LogP contribution in [-0.2, 0) is 11.8 Å². The van der Waals surface area contributed by atoms with Gasteiger partial charge in [0, 0.05) is 60.9 Å². The number of rotatable bonds is 4. The summed E-state index contributed by atoms with van der Waals surface area (Å²) >= 11 is 0. The first kappa shape index (κ1) is 43.6. The molecule has 0 amide bonds. The lowest BCUT2D eigenvalue weighted by Gasteiger charge is -2.22. The van der Waals surface area contributed by atoms with Crippen LogP contribution in [0.5, 0.6) is 0 Å². The number of nitrogens with two attached hydrogens (primary N) is 1. The predicted octanol–water partition coefficient (Wildman–Crippen LogP) is 16.8. The van der Waals surface area contributed by atoms with Crippen molar-refractivity contribution in [3.8, 4) is 33.6 Å². The minimum Gasteiger partial charge on any atom is -0.456 e. The number of nitrogens with zero attached hydrogens (tertiary/aromatic N) is 2. The molecule has 0 atom stereocenters. The summed E-state index contributed by atoms with van der Waals surface area (Å²) in [5.74, 6) is 1.13. The van der Waals surface area contributed by atoms with Gasteiger partial charge in [-0.1, -0.05) is 159 Å². The van der Waals surface area contributed by atoms with E-state index >= 15 is 0 Å². The molecule has 5 nitrogen and oxygen atoms in total. The number of nitrogens with one attached hydrogen (secondary N) is 1. The van der Waals surface area contributed by atoms with Crippen molar-refractivity contribution < 1.29 is 4.42 Å². The van der Waals surface area contributed by atoms with Crippen molar-refractivity contribution in [1.29, 1.82) is 5.41 Å². The highest BCUT2D eigenvalue weighted by Crippen LogP contribution is 2.52. The van der Waals surface area contributed by atoms with E-state index < -0.39 is 0 Å². The van der Waals surface area contributed by atoms with Gasteiger partial charge in [-0.05, 0) is 132 Å². The molecule has 3 heterocycles. The SMILES string of the molecule is Cc1cccc(-n2c3cc(-c4ccc5c(c4)-c4cc6c7ccccc7n(-c7ccccc7)c6cc4C5(C)C)ccc3c3cc4c5c(oc4cc32)C=CCC5)c1.Cc1ccccc1.N=C(N)c1ccccc1. The molecule has 0 radical (unpaired) electrons. The van der Waals surface area contributed by atoms with Crippen LogP contribution in [-0.4, -0.2) is 15.0 Å². The fourth-order valence-electron chi connectivity index (χ4n) is 11.1. The number of hydrogen-bond donors (Lipinski definition) is 2. The summed E-state index contributed by atoms with van der Waals surface area (Å²) in [6.45, 7) is 9.02. The molecule has 0 spiro atoms. The van der Waals surface area contributed by atoms with E-state index in [9.17, 15) is 0 Å². The normalized spacial score (nSPS) is 13.1. The highest BCUT2D eigenvalue weighted by atomic mass is 16.3. The van der Waals surface area contributed by atoms with Gasteiger partial charge in [0.1, 0.15) is 17.2 Å². The Morgan fingerprint density at radius 1 is 0.507 bits per heavy atom. The van der Waals surface area contributed by atoms with Crippen molar-refractivity contribution in [1.82, 2.24) is 9.13 Å². The minimum absolute atomic E-state index is 0.121. The van der Waals surface area contributed by atoms with Gasteiger partial charge < -0.3 is 19.3 Å². The van der Waals surface area contributed by atoms with Gasteiger partial charge in [-0.25, -0.2) is 0 Å². The summed E-state index contributed by atoms with van der Waals surface area (Å²) in [5.41, 5.74) is 25.8. The number of allylic oxidation sites excluding steroid dienone is 1. The van der Waals surface area contributed by atoms with Crippen molar-refractivity contribution in [3.63, 3.8) is 0 Å². The zero-order valence-electron chi connectivity index (χ0n) is 40.5. The third kappa shape index (κ3) is 7.53. The van der Waals surface area contributed by atoms with Crippen molar-refractivity contribution in [2.24, 2.45) is 5.73 Å². The summed E-state index contributed by atoms with van der Waals surface area (Å²) in [4.78, 5) is 0. The predicted molar refractivity (Wildman–Crippen MR) is 299 cm³/mol. The molecule has 0 saturated heterocycles. The Bertz CT molecular complexity index is 4060. The fraction of sp³-hybridized carbons (Fsp3) is 0.106. The molecule has 3 N–H and O–H groups in total. The first-order chi connectivity index (χ1) is 34.6. The molecule has 0 fully saturated rings. The van der Waals surface area contributed by atoms with Gasteiger partial charge in [0.25, 0.3) is 0 Å². The van der Waals surface area contributed by atoms with E-state index in [1.807, 2.05) is 48.5 Å². The molecule has 5 heteroatoms. The number of amidine groups is 1. The van der Waals surface area contributed by atoms with Crippen LogP contribution in [0.2, 0.25) is 0 Å². The molecular formula is C66H54N4O. The Hall–Kier alpha value is -8.67. The van der Waals surface area contributed by atoms with E-state index in [0.29, 0.717) is 0 Å². The van der Waals surface area contributed by atoms with Crippen molar-refractivity contribution in [3.05, 3.63) is 245 Å². The van der Waals surface area contributed by atoms with Gasteiger partial charge >= 0.3 is 0 Å². The number of aromatic nitrogens is 2. The van der Waals surface area contributed by atoms with Crippen LogP contribution < -0.4 is 5.73 Å². The van der Waals surface area contributed by atoms with Crippen molar-refractivity contribution in [2.75, 3.05) is 0 Å². The van der Waals surface area contributed by atoms with E-state index in [1.165, 1.54) is 105 Å². The van der Waals surface area contributed by atoms with E-state index in [2.05, 4.69) is 201 Å². The largest absolute Gasteiger partial charge is 0.456 e. The molecule has 0 unspecified atom stereocenters. The zero-order chi connectivity index (χ0) is 48.4. The van der Waals surface area contributed by atoms with Crippen LogP contribution in [0.25, 0.3) is 94.3 Å². The van der Waals surface area contributed by atoms with E-state index in [4.69, 9.17) is 15.6 Å². The van der Waals surface area contributed by atoms with E-state index in [1.54, 1.807) is 0 Å².